The number of halogens is 1. The Kier molecular flexibility index (Phi) is 5.86. The lowest BCUT2D eigenvalue weighted by Crippen LogP contribution is -2.27. The van der Waals surface area contributed by atoms with Gasteiger partial charge in [-0.05, 0) is 60.0 Å². The van der Waals surface area contributed by atoms with Crippen LogP contribution in [0, 0.1) is 5.82 Å². The molecule has 1 fully saturated rings. The summed E-state index contributed by atoms with van der Waals surface area (Å²) in [5.74, 6) is -0.306. The van der Waals surface area contributed by atoms with Crippen LogP contribution in [0.5, 0.6) is 0 Å². The first-order chi connectivity index (χ1) is 14.5. The van der Waals surface area contributed by atoms with Crippen molar-refractivity contribution in [2.24, 2.45) is 0 Å². The van der Waals surface area contributed by atoms with E-state index in [0.717, 1.165) is 17.7 Å². The minimum absolute atomic E-state index is 0.0849. The predicted octanol–water partition coefficient (Wildman–Crippen LogP) is 5.42. The van der Waals surface area contributed by atoms with Crippen LogP contribution in [0.25, 0.3) is 0 Å². The van der Waals surface area contributed by atoms with E-state index >= 15 is 0 Å². The van der Waals surface area contributed by atoms with Gasteiger partial charge >= 0.3 is 0 Å². The van der Waals surface area contributed by atoms with Gasteiger partial charge in [0.15, 0.2) is 0 Å². The van der Waals surface area contributed by atoms with Gasteiger partial charge in [0, 0.05) is 16.9 Å². The van der Waals surface area contributed by atoms with Crippen molar-refractivity contribution in [3.05, 3.63) is 95.3 Å². The maximum atomic E-state index is 13.3. The Morgan fingerprint density at radius 3 is 2.60 bits per heavy atom. The summed E-state index contributed by atoms with van der Waals surface area (Å²) in [7, 11) is 0. The van der Waals surface area contributed by atoms with Crippen LogP contribution in [0.15, 0.2) is 72.8 Å². The van der Waals surface area contributed by atoms with Gasteiger partial charge in [0.05, 0.1) is 5.75 Å². The molecule has 0 aliphatic carbocycles. The van der Waals surface area contributed by atoms with Crippen molar-refractivity contribution in [2.75, 3.05) is 16.0 Å². The number of carbonyl (C=O) groups is 2. The maximum absolute atomic E-state index is 13.3. The Morgan fingerprint density at radius 1 is 1.10 bits per heavy atom. The lowest BCUT2D eigenvalue weighted by Gasteiger charge is -2.25. The molecule has 152 valence electrons. The molecule has 2 amide bonds. The molecule has 3 aromatic carbocycles. The van der Waals surface area contributed by atoms with Crippen LogP contribution >= 0.6 is 11.8 Å². The molecule has 0 aromatic heterocycles. The third kappa shape index (κ3) is 4.24. The molecule has 1 heterocycles. The molecule has 0 saturated carbocycles. The molecule has 1 atom stereocenters. The van der Waals surface area contributed by atoms with E-state index in [-0.39, 0.29) is 22.8 Å². The van der Waals surface area contributed by atoms with Gasteiger partial charge in [-0.25, -0.2) is 4.39 Å². The van der Waals surface area contributed by atoms with E-state index in [0.29, 0.717) is 11.4 Å². The van der Waals surface area contributed by atoms with Crippen LogP contribution in [-0.2, 0) is 11.2 Å². The van der Waals surface area contributed by atoms with Gasteiger partial charge in [0.2, 0.25) is 5.91 Å². The molecule has 4 rings (SSSR count). The molecule has 1 unspecified atom stereocenters. The fourth-order valence-electron chi connectivity index (χ4n) is 3.44. The topological polar surface area (TPSA) is 49.4 Å². The molecule has 4 nitrogen and oxygen atoms in total. The highest BCUT2D eigenvalue weighted by Crippen LogP contribution is 2.42. The average molecular weight is 421 g/mol. The maximum Gasteiger partial charge on any atom is 0.255 e. The SMILES string of the molecule is CCc1cccc(N2C(=O)CSC2c2ccc(NC(=O)c3cccc(F)c3)cc2)c1. The molecule has 6 heteroatoms. The summed E-state index contributed by atoms with van der Waals surface area (Å²) < 4.78 is 13.3. The summed E-state index contributed by atoms with van der Waals surface area (Å²) >= 11 is 1.59. The number of hydrogen-bond acceptors (Lipinski definition) is 3. The van der Waals surface area contributed by atoms with Crippen molar-refractivity contribution in [3.8, 4) is 0 Å². The smallest absolute Gasteiger partial charge is 0.255 e. The first kappa shape index (κ1) is 20.2. The Labute approximate surface area is 179 Å². The van der Waals surface area contributed by atoms with Gasteiger partial charge in [-0.2, -0.15) is 0 Å². The first-order valence-corrected chi connectivity index (χ1v) is 10.8. The molecule has 30 heavy (non-hydrogen) atoms. The number of nitrogens with zero attached hydrogens (tertiary/aromatic N) is 1. The normalized spacial score (nSPS) is 16.0. The summed E-state index contributed by atoms with van der Waals surface area (Å²) in [6, 6.07) is 21.1. The second-order valence-electron chi connectivity index (χ2n) is 7.04. The van der Waals surface area contributed by atoms with E-state index in [9.17, 15) is 14.0 Å². The van der Waals surface area contributed by atoms with Crippen LogP contribution in [0.1, 0.15) is 33.8 Å². The summed E-state index contributed by atoms with van der Waals surface area (Å²) in [5, 5.41) is 2.66. The minimum Gasteiger partial charge on any atom is -0.322 e. The van der Waals surface area contributed by atoms with Crippen LogP contribution in [0.2, 0.25) is 0 Å². The fraction of sp³-hybridized carbons (Fsp3) is 0.167. The number of carbonyl (C=O) groups excluding carboxylic acids is 2. The van der Waals surface area contributed by atoms with Crippen molar-refractivity contribution in [2.45, 2.75) is 18.7 Å². The monoisotopic (exact) mass is 420 g/mol. The average Bonchev–Trinajstić information content (AvgIpc) is 3.15. The van der Waals surface area contributed by atoms with E-state index in [4.69, 9.17) is 0 Å². The van der Waals surface area contributed by atoms with E-state index in [1.165, 1.54) is 23.8 Å². The molecular formula is C24H21FN2O2S. The van der Waals surface area contributed by atoms with Crippen molar-refractivity contribution >= 4 is 35.0 Å². The van der Waals surface area contributed by atoms with E-state index < -0.39 is 5.82 Å². The zero-order chi connectivity index (χ0) is 21.1. The zero-order valence-electron chi connectivity index (χ0n) is 16.5. The van der Waals surface area contributed by atoms with Crippen LogP contribution in [-0.4, -0.2) is 17.6 Å². The number of hydrogen-bond donors (Lipinski definition) is 1. The molecule has 1 saturated heterocycles. The van der Waals surface area contributed by atoms with Crippen LogP contribution in [0.4, 0.5) is 15.8 Å². The predicted molar refractivity (Wildman–Crippen MR) is 119 cm³/mol. The number of nitrogens with one attached hydrogen (secondary N) is 1. The van der Waals surface area contributed by atoms with Gasteiger partial charge in [0.25, 0.3) is 5.91 Å². The van der Waals surface area contributed by atoms with Gasteiger partial charge in [-0.1, -0.05) is 37.3 Å². The second kappa shape index (κ2) is 8.71. The van der Waals surface area contributed by atoms with Gasteiger partial charge in [0.1, 0.15) is 11.2 Å². The minimum atomic E-state index is -0.451. The Balaban J connectivity index is 1.52. The number of benzene rings is 3. The van der Waals surface area contributed by atoms with E-state index in [1.807, 2.05) is 29.2 Å². The highest BCUT2D eigenvalue weighted by atomic mass is 32.2. The van der Waals surface area contributed by atoms with E-state index in [2.05, 4.69) is 24.4 Å². The molecule has 0 radical (unpaired) electrons. The van der Waals surface area contributed by atoms with Gasteiger partial charge < -0.3 is 5.32 Å². The lowest BCUT2D eigenvalue weighted by molar-refractivity contribution is -0.115. The molecule has 0 spiro atoms. The quantitative estimate of drug-likeness (QED) is 0.600. The third-order valence-electron chi connectivity index (χ3n) is 5.01. The third-order valence-corrected chi connectivity index (χ3v) is 6.22. The standard InChI is InChI=1S/C24H21FN2O2S/c1-2-16-5-3-8-21(13-16)27-22(28)15-30-24(27)17-9-11-20(12-10-17)26-23(29)18-6-4-7-19(25)14-18/h3-14,24H,2,15H2,1H3,(H,26,29). The van der Waals surface area contributed by atoms with Gasteiger partial charge in [-0.3, -0.25) is 14.5 Å². The van der Waals surface area contributed by atoms with Crippen molar-refractivity contribution in [3.63, 3.8) is 0 Å². The number of thioether (sulfide) groups is 1. The Hall–Kier alpha value is -3.12. The second-order valence-corrected chi connectivity index (χ2v) is 8.11. The summed E-state index contributed by atoms with van der Waals surface area (Å²) in [6.45, 7) is 2.09. The van der Waals surface area contributed by atoms with Crippen LogP contribution < -0.4 is 10.2 Å². The van der Waals surface area contributed by atoms with Crippen molar-refractivity contribution < 1.29 is 14.0 Å². The molecule has 1 N–H and O–H groups in total. The zero-order valence-corrected chi connectivity index (χ0v) is 17.3. The molecular weight excluding hydrogens is 399 g/mol. The highest BCUT2D eigenvalue weighted by molar-refractivity contribution is 8.00. The lowest BCUT2D eigenvalue weighted by atomic mass is 10.1. The first-order valence-electron chi connectivity index (χ1n) is 9.74. The van der Waals surface area contributed by atoms with Gasteiger partial charge in [-0.15, -0.1) is 11.8 Å². The molecule has 1 aliphatic heterocycles. The number of aryl methyl sites for hydroxylation is 1. The highest BCUT2D eigenvalue weighted by Gasteiger charge is 2.34. The number of rotatable bonds is 5. The molecule has 3 aromatic rings. The number of amides is 2. The number of anilines is 2. The summed E-state index contributed by atoms with van der Waals surface area (Å²) in [5.41, 5.74) is 3.94. The fourth-order valence-corrected chi connectivity index (χ4v) is 4.62. The largest absolute Gasteiger partial charge is 0.322 e. The molecule has 1 aliphatic rings. The summed E-state index contributed by atoms with van der Waals surface area (Å²) in [4.78, 5) is 26.7. The Bertz CT molecular complexity index is 1080. The van der Waals surface area contributed by atoms with Crippen molar-refractivity contribution in [1.82, 2.24) is 0 Å². The van der Waals surface area contributed by atoms with E-state index in [1.54, 1.807) is 30.0 Å². The molecule has 0 bridgehead atoms. The van der Waals surface area contributed by atoms with Crippen LogP contribution in [0.3, 0.4) is 0 Å². The Morgan fingerprint density at radius 2 is 1.87 bits per heavy atom. The summed E-state index contributed by atoms with van der Waals surface area (Å²) in [6.07, 6.45) is 0.910. The van der Waals surface area contributed by atoms with Crippen molar-refractivity contribution in [1.29, 1.82) is 0 Å².